The third-order valence-electron chi connectivity index (χ3n) is 4.04. The Bertz CT molecular complexity index is 474. The lowest BCUT2D eigenvalue weighted by Gasteiger charge is -2.10. The zero-order valence-corrected chi connectivity index (χ0v) is 12.3. The maximum absolute atomic E-state index is 12.1. The molecule has 2 rings (SSSR count). The molecule has 0 spiro atoms. The van der Waals surface area contributed by atoms with Crippen molar-refractivity contribution >= 4 is 11.9 Å². The van der Waals surface area contributed by atoms with Gasteiger partial charge in [-0.15, -0.1) is 0 Å². The Hall–Kier alpha value is -1.84. The lowest BCUT2D eigenvalue weighted by atomic mass is 10.1. The molecular weight excluding hydrogens is 266 g/mol. The monoisotopic (exact) mass is 289 g/mol. The SMILES string of the molecule is O=C(O)CCCCCCNC(=O)C1Cc2ccccc2C1. The molecule has 0 radical (unpaired) electrons. The van der Waals surface area contributed by atoms with Crippen molar-refractivity contribution in [2.75, 3.05) is 6.54 Å². The molecule has 21 heavy (non-hydrogen) atoms. The zero-order chi connectivity index (χ0) is 15.1. The van der Waals surface area contributed by atoms with E-state index in [9.17, 15) is 9.59 Å². The van der Waals surface area contributed by atoms with Crippen molar-refractivity contribution in [2.45, 2.75) is 44.9 Å². The van der Waals surface area contributed by atoms with Gasteiger partial charge in [0, 0.05) is 18.9 Å². The minimum absolute atomic E-state index is 0.0782. The molecule has 4 heteroatoms. The molecule has 2 N–H and O–H groups in total. The topological polar surface area (TPSA) is 66.4 Å². The molecule has 0 unspecified atom stereocenters. The number of carboxylic acids is 1. The molecule has 0 fully saturated rings. The number of hydrogen-bond acceptors (Lipinski definition) is 2. The molecule has 0 bridgehead atoms. The van der Waals surface area contributed by atoms with E-state index >= 15 is 0 Å². The van der Waals surface area contributed by atoms with Gasteiger partial charge in [-0.25, -0.2) is 0 Å². The summed E-state index contributed by atoms with van der Waals surface area (Å²) in [5.41, 5.74) is 2.60. The first-order valence-corrected chi connectivity index (χ1v) is 7.73. The van der Waals surface area contributed by atoms with Crippen LogP contribution >= 0.6 is 0 Å². The van der Waals surface area contributed by atoms with Crippen LogP contribution in [0.25, 0.3) is 0 Å². The van der Waals surface area contributed by atoms with Crippen LogP contribution in [0.1, 0.15) is 43.2 Å². The largest absolute Gasteiger partial charge is 0.481 e. The summed E-state index contributed by atoms with van der Waals surface area (Å²) >= 11 is 0. The fraction of sp³-hybridized carbons (Fsp3) is 0.529. The van der Waals surface area contributed by atoms with E-state index < -0.39 is 5.97 Å². The third kappa shape index (κ3) is 4.88. The van der Waals surface area contributed by atoms with Crippen molar-refractivity contribution in [1.29, 1.82) is 0 Å². The first-order valence-electron chi connectivity index (χ1n) is 7.73. The van der Waals surface area contributed by atoms with E-state index in [0.29, 0.717) is 6.54 Å². The van der Waals surface area contributed by atoms with Gasteiger partial charge >= 0.3 is 5.97 Å². The second kappa shape index (κ2) is 7.81. The van der Waals surface area contributed by atoms with E-state index in [1.807, 2.05) is 12.1 Å². The Labute approximate surface area is 125 Å². The van der Waals surface area contributed by atoms with Gasteiger partial charge in [0.2, 0.25) is 5.91 Å². The summed E-state index contributed by atoms with van der Waals surface area (Å²) in [4.78, 5) is 22.5. The van der Waals surface area contributed by atoms with Crippen LogP contribution < -0.4 is 5.32 Å². The van der Waals surface area contributed by atoms with Crippen molar-refractivity contribution in [2.24, 2.45) is 5.92 Å². The molecule has 0 atom stereocenters. The van der Waals surface area contributed by atoms with E-state index in [4.69, 9.17) is 5.11 Å². The molecule has 1 aliphatic carbocycles. The number of carboxylic acid groups (broad SMARTS) is 1. The molecule has 1 aromatic carbocycles. The van der Waals surface area contributed by atoms with E-state index in [2.05, 4.69) is 17.4 Å². The van der Waals surface area contributed by atoms with Gasteiger partial charge in [-0.1, -0.05) is 37.1 Å². The molecule has 1 aliphatic rings. The normalized spacial score (nSPS) is 13.9. The third-order valence-corrected chi connectivity index (χ3v) is 4.04. The van der Waals surface area contributed by atoms with Gasteiger partial charge in [0.1, 0.15) is 0 Å². The number of unbranched alkanes of at least 4 members (excludes halogenated alkanes) is 3. The maximum atomic E-state index is 12.1. The lowest BCUT2D eigenvalue weighted by molar-refractivity contribution is -0.137. The van der Waals surface area contributed by atoms with Crippen LogP contribution in [0.15, 0.2) is 24.3 Å². The highest BCUT2D eigenvalue weighted by atomic mass is 16.4. The summed E-state index contributed by atoms with van der Waals surface area (Å²) in [7, 11) is 0. The lowest BCUT2D eigenvalue weighted by Crippen LogP contribution is -2.31. The number of rotatable bonds is 8. The Kier molecular flexibility index (Phi) is 5.78. The number of aliphatic carboxylic acids is 1. The first-order chi connectivity index (χ1) is 10.2. The molecule has 4 nitrogen and oxygen atoms in total. The molecule has 114 valence electrons. The Morgan fingerprint density at radius 1 is 1.05 bits per heavy atom. The molecule has 0 saturated carbocycles. The summed E-state index contributed by atoms with van der Waals surface area (Å²) in [5.74, 6) is -0.504. The van der Waals surface area contributed by atoms with Gasteiger partial charge in [-0.05, 0) is 36.8 Å². The van der Waals surface area contributed by atoms with Crippen LogP contribution in [0.4, 0.5) is 0 Å². The van der Waals surface area contributed by atoms with Crippen molar-refractivity contribution in [3.05, 3.63) is 35.4 Å². The summed E-state index contributed by atoms with van der Waals surface area (Å²) in [6, 6.07) is 8.25. The number of carbonyl (C=O) groups is 2. The van der Waals surface area contributed by atoms with Crippen molar-refractivity contribution in [3.63, 3.8) is 0 Å². The first kappa shape index (κ1) is 15.5. The summed E-state index contributed by atoms with van der Waals surface area (Å²) in [6.07, 6.45) is 5.47. The summed E-state index contributed by atoms with van der Waals surface area (Å²) < 4.78 is 0. The van der Waals surface area contributed by atoms with E-state index in [1.54, 1.807) is 0 Å². The highest BCUT2D eigenvalue weighted by Crippen LogP contribution is 2.26. The van der Waals surface area contributed by atoms with Crippen LogP contribution in [0.5, 0.6) is 0 Å². The van der Waals surface area contributed by atoms with Crippen molar-refractivity contribution < 1.29 is 14.7 Å². The molecule has 0 heterocycles. The van der Waals surface area contributed by atoms with E-state index in [-0.39, 0.29) is 18.2 Å². The highest BCUT2D eigenvalue weighted by Gasteiger charge is 2.26. The van der Waals surface area contributed by atoms with E-state index in [0.717, 1.165) is 38.5 Å². The standard InChI is InChI=1S/C17H23NO3/c19-16(20)9-3-1-2-6-10-18-17(21)15-11-13-7-4-5-8-14(13)12-15/h4-5,7-8,15H,1-3,6,9-12H2,(H,18,21)(H,19,20). The van der Waals surface area contributed by atoms with Crippen LogP contribution in [0.3, 0.4) is 0 Å². The predicted octanol–water partition coefficient (Wildman–Crippen LogP) is 2.55. The maximum Gasteiger partial charge on any atom is 0.303 e. The highest BCUT2D eigenvalue weighted by molar-refractivity contribution is 5.80. The summed E-state index contributed by atoms with van der Waals surface area (Å²) in [6.45, 7) is 0.693. The second-order valence-electron chi connectivity index (χ2n) is 5.72. The fourth-order valence-corrected chi connectivity index (χ4v) is 2.85. The predicted molar refractivity (Wildman–Crippen MR) is 81.1 cm³/mol. The van der Waals surface area contributed by atoms with Gasteiger partial charge in [0.15, 0.2) is 0 Å². The number of nitrogens with one attached hydrogen (secondary N) is 1. The van der Waals surface area contributed by atoms with Crippen LogP contribution in [0.2, 0.25) is 0 Å². The van der Waals surface area contributed by atoms with Gasteiger partial charge in [0.05, 0.1) is 0 Å². The van der Waals surface area contributed by atoms with Crippen molar-refractivity contribution in [1.82, 2.24) is 5.32 Å². The van der Waals surface area contributed by atoms with E-state index in [1.165, 1.54) is 11.1 Å². The Balaban J connectivity index is 1.58. The Morgan fingerprint density at radius 2 is 1.67 bits per heavy atom. The minimum atomic E-state index is -0.732. The smallest absolute Gasteiger partial charge is 0.303 e. The number of fused-ring (bicyclic) bond motifs is 1. The average Bonchev–Trinajstić information content (AvgIpc) is 2.89. The quantitative estimate of drug-likeness (QED) is 0.723. The Morgan fingerprint density at radius 3 is 2.29 bits per heavy atom. The number of hydrogen-bond donors (Lipinski definition) is 2. The molecule has 1 amide bonds. The minimum Gasteiger partial charge on any atom is -0.481 e. The van der Waals surface area contributed by atoms with Gasteiger partial charge in [-0.3, -0.25) is 9.59 Å². The zero-order valence-electron chi connectivity index (χ0n) is 12.3. The molecule has 1 aromatic rings. The van der Waals surface area contributed by atoms with Crippen LogP contribution in [0, 0.1) is 5.92 Å². The number of benzene rings is 1. The summed E-state index contributed by atoms with van der Waals surface area (Å²) in [5, 5.41) is 11.5. The fourth-order valence-electron chi connectivity index (χ4n) is 2.85. The van der Waals surface area contributed by atoms with Crippen molar-refractivity contribution in [3.8, 4) is 0 Å². The second-order valence-corrected chi connectivity index (χ2v) is 5.72. The molecule has 0 aromatic heterocycles. The van der Waals surface area contributed by atoms with Crippen LogP contribution in [-0.4, -0.2) is 23.5 Å². The number of carbonyl (C=O) groups excluding carboxylic acids is 1. The van der Waals surface area contributed by atoms with Crippen LogP contribution in [-0.2, 0) is 22.4 Å². The van der Waals surface area contributed by atoms with Gasteiger partial charge < -0.3 is 10.4 Å². The van der Waals surface area contributed by atoms with Gasteiger partial charge in [0.25, 0.3) is 0 Å². The number of amides is 1. The molecule has 0 aliphatic heterocycles. The molecular formula is C17H23NO3. The average molecular weight is 289 g/mol. The molecule has 0 saturated heterocycles. The van der Waals surface area contributed by atoms with Gasteiger partial charge in [-0.2, -0.15) is 0 Å².